The van der Waals surface area contributed by atoms with Crippen molar-refractivity contribution in [2.75, 3.05) is 13.2 Å². The third-order valence-electron chi connectivity index (χ3n) is 1.72. The van der Waals surface area contributed by atoms with Crippen LogP contribution in [0.25, 0.3) is 0 Å². The minimum Gasteiger partial charge on any atom is -0.480 e. The molecule has 0 aliphatic carbocycles. The van der Waals surface area contributed by atoms with Crippen LogP contribution in [0.1, 0.15) is 34.6 Å². The van der Waals surface area contributed by atoms with Gasteiger partial charge in [0.2, 0.25) is 0 Å². The first-order chi connectivity index (χ1) is 8.11. The van der Waals surface area contributed by atoms with Crippen LogP contribution in [0.2, 0.25) is 0 Å². The Hall–Kier alpha value is -1.30. The van der Waals surface area contributed by atoms with Gasteiger partial charge in [0.1, 0.15) is 5.60 Å². The molecule has 0 aromatic carbocycles. The molecule has 0 saturated carbocycles. The molecule has 0 radical (unpaired) electrons. The third kappa shape index (κ3) is 8.81. The third-order valence-corrected chi connectivity index (χ3v) is 1.72. The van der Waals surface area contributed by atoms with Crippen LogP contribution >= 0.6 is 0 Å². The smallest absolute Gasteiger partial charge is 0.408 e. The Morgan fingerprint density at radius 3 is 2.17 bits per heavy atom. The standard InChI is InChI=1S/C12H23NO5/c1-8(2)6-17-7-9(10(14)15)13-11(16)18-12(3,4)5/h8-9H,6-7H2,1-5H3,(H,13,16)(H,14,15)/t9-/m0/s1. The Labute approximate surface area is 108 Å². The Balaban J connectivity index is 4.19. The zero-order valence-electron chi connectivity index (χ0n) is 11.6. The van der Waals surface area contributed by atoms with Crippen LogP contribution in [-0.2, 0) is 14.3 Å². The van der Waals surface area contributed by atoms with Crippen molar-refractivity contribution < 1.29 is 24.2 Å². The van der Waals surface area contributed by atoms with Crippen LogP contribution in [0, 0.1) is 5.92 Å². The van der Waals surface area contributed by atoms with Crippen LogP contribution in [0.5, 0.6) is 0 Å². The van der Waals surface area contributed by atoms with Crippen LogP contribution in [-0.4, -0.2) is 42.0 Å². The molecule has 0 aromatic rings. The fourth-order valence-corrected chi connectivity index (χ4v) is 1.05. The molecule has 0 aliphatic rings. The summed E-state index contributed by atoms with van der Waals surface area (Å²) in [7, 11) is 0. The van der Waals surface area contributed by atoms with Crippen molar-refractivity contribution in [2.24, 2.45) is 5.92 Å². The van der Waals surface area contributed by atoms with Gasteiger partial charge in [-0.15, -0.1) is 0 Å². The van der Waals surface area contributed by atoms with Crippen molar-refractivity contribution in [3.63, 3.8) is 0 Å². The summed E-state index contributed by atoms with van der Waals surface area (Å²) >= 11 is 0. The number of ether oxygens (including phenoxy) is 2. The maximum Gasteiger partial charge on any atom is 0.408 e. The number of carbonyl (C=O) groups excluding carboxylic acids is 1. The quantitative estimate of drug-likeness (QED) is 0.759. The summed E-state index contributed by atoms with van der Waals surface area (Å²) in [5.74, 6) is -0.842. The summed E-state index contributed by atoms with van der Waals surface area (Å²) in [6.07, 6.45) is -0.761. The van der Waals surface area contributed by atoms with E-state index in [9.17, 15) is 9.59 Å². The number of carbonyl (C=O) groups is 2. The number of amides is 1. The molecule has 1 atom stereocenters. The van der Waals surface area contributed by atoms with E-state index in [1.807, 2.05) is 13.8 Å². The highest BCUT2D eigenvalue weighted by Crippen LogP contribution is 2.07. The summed E-state index contributed by atoms with van der Waals surface area (Å²) in [5, 5.41) is 11.2. The van der Waals surface area contributed by atoms with Gasteiger partial charge in [0.05, 0.1) is 6.61 Å². The van der Waals surface area contributed by atoms with Gasteiger partial charge in [-0.2, -0.15) is 0 Å². The van der Waals surface area contributed by atoms with Crippen LogP contribution in [0.3, 0.4) is 0 Å². The molecule has 0 aromatic heterocycles. The Kier molecular flexibility index (Phi) is 6.68. The highest BCUT2D eigenvalue weighted by molar-refractivity contribution is 5.80. The lowest BCUT2D eigenvalue weighted by Crippen LogP contribution is -2.46. The van der Waals surface area contributed by atoms with E-state index >= 15 is 0 Å². The van der Waals surface area contributed by atoms with Gasteiger partial charge >= 0.3 is 12.1 Å². The maximum atomic E-state index is 11.4. The minimum atomic E-state index is -1.15. The number of hydrogen-bond acceptors (Lipinski definition) is 4. The number of rotatable bonds is 6. The second-order valence-electron chi connectivity index (χ2n) is 5.47. The first-order valence-corrected chi connectivity index (χ1v) is 5.92. The van der Waals surface area contributed by atoms with E-state index in [1.165, 1.54) is 0 Å². The second-order valence-corrected chi connectivity index (χ2v) is 5.47. The number of nitrogens with one attached hydrogen (secondary N) is 1. The van der Waals surface area contributed by atoms with Crippen molar-refractivity contribution in [3.05, 3.63) is 0 Å². The van der Waals surface area contributed by atoms with E-state index in [1.54, 1.807) is 20.8 Å². The van der Waals surface area contributed by atoms with E-state index in [2.05, 4.69) is 5.32 Å². The highest BCUT2D eigenvalue weighted by Gasteiger charge is 2.24. The molecule has 0 saturated heterocycles. The van der Waals surface area contributed by atoms with Crippen LogP contribution in [0.15, 0.2) is 0 Å². The van der Waals surface area contributed by atoms with Crippen molar-refractivity contribution in [1.29, 1.82) is 0 Å². The van der Waals surface area contributed by atoms with E-state index in [-0.39, 0.29) is 6.61 Å². The SMILES string of the molecule is CC(C)COC[C@H](NC(=O)OC(C)(C)C)C(=O)O. The molecule has 6 nitrogen and oxygen atoms in total. The van der Waals surface area contributed by atoms with Crippen molar-refractivity contribution in [1.82, 2.24) is 5.32 Å². The predicted molar refractivity (Wildman–Crippen MR) is 66.5 cm³/mol. The largest absolute Gasteiger partial charge is 0.480 e. The van der Waals surface area contributed by atoms with E-state index in [0.717, 1.165) is 0 Å². The van der Waals surface area contributed by atoms with Gasteiger partial charge in [-0.05, 0) is 26.7 Å². The summed E-state index contributed by atoms with van der Waals surface area (Å²) in [4.78, 5) is 22.3. The fraction of sp³-hybridized carbons (Fsp3) is 0.833. The van der Waals surface area contributed by atoms with Gasteiger partial charge in [0, 0.05) is 6.61 Å². The Bertz CT molecular complexity index is 283. The van der Waals surface area contributed by atoms with Gasteiger partial charge in [0.25, 0.3) is 0 Å². The number of aliphatic carboxylic acids is 1. The summed E-state index contributed by atoms with van der Waals surface area (Å²) in [5.41, 5.74) is -0.661. The fourth-order valence-electron chi connectivity index (χ4n) is 1.05. The molecule has 0 spiro atoms. The summed E-state index contributed by atoms with van der Waals surface area (Å²) in [6.45, 7) is 9.40. The average molecular weight is 261 g/mol. The van der Waals surface area contributed by atoms with E-state index in [0.29, 0.717) is 12.5 Å². The van der Waals surface area contributed by atoms with Gasteiger partial charge in [-0.1, -0.05) is 13.8 Å². The van der Waals surface area contributed by atoms with Gasteiger partial charge in [0.15, 0.2) is 6.04 Å². The molecular weight excluding hydrogens is 238 g/mol. The van der Waals surface area contributed by atoms with E-state index < -0.39 is 23.7 Å². The monoisotopic (exact) mass is 261 g/mol. The number of carboxylic acid groups (broad SMARTS) is 1. The van der Waals surface area contributed by atoms with Gasteiger partial charge < -0.3 is 19.9 Å². The highest BCUT2D eigenvalue weighted by atomic mass is 16.6. The second kappa shape index (κ2) is 7.20. The molecule has 0 unspecified atom stereocenters. The first-order valence-electron chi connectivity index (χ1n) is 5.92. The topological polar surface area (TPSA) is 84.9 Å². The zero-order chi connectivity index (χ0) is 14.3. The summed E-state index contributed by atoms with van der Waals surface area (Å²) in [6, 6.07) is -1.10. The molecule has 0 rings (SSSR count). The normalized spacial score (nSPS) is 13.2. The van der Waals surface area contributed by atoms with Gasteiger partial charge in [-0.25, -0.2) is 9.59 Å². The molecule has 18 heavy (non-hydrogen) atoms. The Morgan fingerprint density at radius 2 is 1.78 bits per heavy atom. The average Bonchev–Trinajstić information content (AvgIpc) is 2.12. The number of alkyl carbamates (subject to hydrolysis) is 1. The molecule has 0 heterocycles. The number of hydrogen-bond donors (Lipinski definition) is 2. The lowest BCUT2D eigenvalue weighted by Gasteiger charge is -2.22. The van der Waals surface area contributed by atoms with E-state index in [4.69, 9.17) is 14.6 Å². The lowest BCUT2D eigenvalue weighted by atomic mass is 10.2. The molecule has 6 heteroatoms. The summed E-state index contributed by atoms with van der Waals surface area (Å²) < 4.78 is 10.2. The number of carboxylic acids is 1. The van der Waals surface area contributed by atoms with Crippen molar-refractivity contribution in [2.45, 2.75) is 46.3 Å². The molecule has 2 N–H and O–H groups in total. The predicted octanol–water partition coefficient (Wildman–Crippen LogP) is 1.64. The van der Waals surface area contributed by atoms with Gasteiger partial charge in [-0.3, -0.25) is 0 Å². The van der Waals surface area contributed by atoms with Crippen LogP contribution < -0.4 is 5.32 Å². The Morgan fingerprint density at radius 1 is 1.22 bits per heavy atom. The molecule has 0 bridgehead atoms. The maximum absolute atomic E-state index is 11.4. The molecule has 0 aliphatic heterocycles. The molecule has 106 valence electrons. The molecule has 1 amide bonds. The molecule has 0 fully saturated rings. The molecular formula is C12H23NO5. The first kappa shape index (κ1) is 16.7. The zero-order valence-corrected chi connectivity index (χ0v) is 11.6. The minimum absolute atomic E-state index is 0.0766. The van der Waals surface area contributed by atoms with Crippen molar-refractivity contribution >= 4 is 12.1 Å². The lowest BCUT2D eigenvalue weighted by molar-refractivity contribution is -0.141. The van der Waals surface area contributed by atoms with Crippen LogP contribution in [0.4, 0.5) is 4.79 Å². The van der Waals surface area contributed by atoms with Crippen molar-refractivity contribution in [3.8, 4) is 0 Å².